The van der Waals surface area contributed by atoms with Crippen molar-refractivity contribution in [2.45, 2.75) is 57.4 Å². The number of hydrogen-bond acceptors (Lipinski definition) is 9. The molecular formula is C35H39N7O6. The van der Waals surface area contributed by atoms with Crippen molar-refractivity contribution in [2.75, 3.05) is 38.1 Å². The molecule has 1 saturated carbocycles. The van der Waals surface area contributed by atoms with Gasteiger partial charge in [0.05, 0.1) is 29.6 Å². The number of benzene rings is 1. The Labute approximate surface area is 278 Å². The average Bonchev–Trinajstić information content (AvgIpc) is 3.85. The molecule has 0 spiro atoms. The number of aliphatic hydroxyl groups excluding tert-OH is 1. The number of anilines is 1. The van der Waals surface area contributed by atoms with Crippen LogP contribution >= 0.6 is 0 Å². The van der Waals surface area contributed by atoms with Crippen LogP contribution in [-0.4, -0.2) is 92.9 Å². The molecule has 48 heavy (non-hydrogen) atoms. The van der Waals surface area contributed by atoms with Gasteiger partial charge >= 0.3 is 0 Å². The summed E-state index contributed by atoms with van der Waals surface area (Å²) in [5.41, 5.74) is 10.3. The Balaban J connectivity index is 1.14. The molecule has 1 fully saturated rings. The van der Waals surface area contributed by atoms with Gasteiger partial charge in [-0.2, -0.15) is 0 Å². The summed E-state index contributed by atoms with van der Waals surface area (Å²) in [5.74, 6) is -1.05. The molecule has 13 heteroatoms. The topological polar surface area (TPSA) is 179 Å². The molecule has 0 atom stereocenters. The Kier molecular flexibility index (Phi) is 9.22. The first kappa shape index (κ1) is 32.8. The van der Waals surface area contributed by atoms with E-state index in [1.807, 2.05) is 31.2 Å². The summed E-state index contributed by atoms with van der Waals surface area (Å²) in [5, 5.41) is 12.5. The minimum atomic E-state index is -0.746. The molecule has 5 amide bonds. The maximum Gasteiger partial charge on any atom is 0.253 e. The number of amidine groups is 1. The Morgan fingerprint density at radius 1 is 1.10 bits per heavy atom. The summed E-state index contributed by atoms with van der Waals surface area (Å²) in [4.78, 5) is 77.1. The number of carbonyl (C=O) groups excluding carboxylic acids is 5. The lowest BCUT2D eigenvalue weighted by Crippen LogP contribution is -2.39. The van der Waals surface area contributed by atoms with Gasteiger partial charge in [-0.25, -0.2) is 4.99 Å². The van der Waals surface area contributed by atoms with E-state index in [1.165, 1.54) is 12.2 Å². The Morgan fingerprint density at radius 2 is 1.88 bits per heavy atom. The fourth-order valence-corrected chi connectivity index (χ4v) is 6.48. The summed E-state index contributed by atoms with van der Waals surface area (Å²) >= 11 is 0. The van der Waals surface area contributed by atoms with Crippen molar-refractivity contribution in [1.29, 1.82) is 0 Å². The van der Waals surface area contributed by atoms with Crippen LogP contribution in [0.15, 0.2) is 53.2 Å². The average molecular weight is 654 g/mol. The second kappa shape index (κ2) is 13.5. The van der Waals surface area contributed by atoms with Crippen LogP contribution in [0.5, 0.6) is 0 Å². The van der Waals surface area contributed by atoms with Crippen molar-refractivity contribution in [3.8, 4) is 0 Å². The van der Waals surface area contributed by atoms with E-state index in [0.717, 1.165) is 33.7 Å². The lowest BCUT2D eigenvalue weighted by atomic mass is 9.92. The molecule has 4 N–H and O–H groups in total. The van der Waals surface area contributed by atoms with Gasteiger partial charge in [0.1, 0.15) is 5.84 Å². The van der Waals surface area contributed by atoms with E-state index in [4.69, 9.17) is 5.73 Å². The Hall–Kier alpha value is -5.17. The quantitative estimate of drug-likeness (QED) is 0.308. The molecular weight excluding hydrogens is 614 g/mol. The molecule has 13 nitrogen and oxygen atoms in total. The molecule has 0 saturated heterocycles. The number of aliphatic imine (C=N–C) groups is 1. The minimum Gasteiger partial charge on any atom is -0.395 e. The van der Waals surface area contributed by atoms with E-state index in [2.05, 4.69) is 15.3 Å². The molecule has 0 radical (unpaired) electrons. The van der Waals surface area contributed by atoms with Crippen LogP contribution in [0.2, 0.25) is 0 Å². The number of carbonyl (C=O) groups is 5. The van der Waals surface area contributed by atoms with Gasteiger partial charge in [0, 0.05) is 81.0 Å². The zero-order valence-corrected chi connectivity index (χ0v) is 26.9. The fourth-order valence-electron chi connectivity index (χ4n) is 6.48. The summed E-state index contributed by atoms with van der Waals surface area (Å²) in [7, 11) is 0. The van der Waals surface area contributed by atoms with Gasteiger partial charge in [-0.15, -0.1) is 0 Å². The fraction of sp³-hybridized carbons (Fsp3) is 0.400. The van der Waals surface area contributed by atoms with Gasteiger partial charge in [0.15, 0.2) is 0 Å². The third-order valence-electron chi connectivity index (χ3n) is 9.26. The van der Waals surface area contributed by atoms with Crippen LogP contribution in [-0.2, 0) is 42.4 Å². The third-order valence-corrected chi connectivity index (χ3v) is 9.26. The number of nitrogens with one attached hydrogen (secondary N) is 1. The maximum absolute atomic E-state index is 13.7. The molecule has 2 aromatic rings. The number of aliphatic hydroxyl groups is 1. The van der Waals surface area contributed by atoms with Crippen LogP contribution in [0.1, 0.15) is 61.4 Å². The van der Waals surface area contributed by atoms with E-state index < -0.39 is 17.2 Å². The Morgan fingerprint density at radius 3 is 2.58 bits per heavy atom. The number of pyridine rings is 1. The molecule has 3 aliphatic heterocycles. The first-order valence-electron chi connectivity index (χ1n) is 16.3. The summed E-state index contributed by atoms with van der Waals surface area (Å²) in [6.07, 6.45) is 8.67. The molecule has 1 aromatic heterocycles. The van der Waals surface area contributed by atoms with E-state index in [1.54, 1.807) is 22.1 Å². The van der Waals surface area contributed by atoms with Gasteiger partial charge in [-0.1, -0.05) is 19.1 Å². The second-order valence-electron chi connectivity index (χ2n) is 12.6. The highest BCUT2D eigenvalue weighted by Gasteiger charge is 2.51. The van der Waals surface area contributed by atoms with E-state index >= 15 is 0 Å². The third kappa shape index (κ3) is 6.63. The molecule has 0 bridgehead atoms. The number of fused-ring (bicyclic) bond motifs is 2. The summed E-state index contributed by atoms with van der Waals surface area (Å²) in [6, 6.07) is 7.47. The minimum absolute atomic E-state index is 0.0294. The SMILES string of the molecule is CCCN(CCO)C(=O)C1=Cc2ccc(C3(C(=O)Nc4cnc5c(c4)CN(C(=O)CCN4C(=O)C=CC4=O)CC5)CC3)cc2N=C(N)C1. The number of nitrogens with two attached hydrogens (primary N) is 1. The van der Waals surface area contributed by atoms with Crippen molar-refractivity contribution in [2.24, 2.45) is 10.7 Å². The number of aromatic nitrogens is 1. The second-order valence-corrected chi connectivity index (χ2v) is 12.6. The van der Waals surface area contributed by atoms with Crippen LogP contribution in [0.3, 0.4) is 0 Å². The number of amides is 5. The van der Waals surface area contributed by atoms with Gasteiger partial charge in [0.25, 0.3) is 11.8 Å². The zero-order valence-electron chi connectivity index (χ0n) is 26.9. The monoisotopic (exact) mass is 653 g/mol. The van der Waals surface area contributed by atoms with Crippen molar-refractivity contribution in [3.05, 3.63) is 70.6 Å². The maximum atomic E-state index is 13.7. The first-order chi connectivity index (χ1) is 23.1. The predicted octanol–water partition coefficient (Wildman–Crippen LogP) is 1.96. The van der Waals surface area contributed by atoms with Crippen molar-refractivity contribution in [1.82, 2.24) is 19.7 Å². The molecule has 4 aliphatic rings. The van der Waals surface area contributed by atoms with Gasteiger partial charge in [-0.05, 0) is 48.6 Å². The van der Waals surface area contributed by atoms with Gasteiger partial charge < -0.3 is 26.0 Å². The summed E-state index contributed by atoms with van der Waals surface area (Å²) in [6.45, 7) is 3.43. The highest BCUT2D eigenvalue weighted by atomic mass is 16.3. The molecule has 6 rings (SSSR count). The zero-order chi connectivity index (χ0) is 34.0. The standard InChI is InChI=1S/C35H39N7O6/c1-2-11-40(14-15-43)33(47)23-16-22-3-4-25(19-28(22)39-29(36)18-23)35(9-10-35)34(48)38-26-17-24-21-41(12-7-27(24)37-20-26)30(44)8-13-42-31(45)5-6-32(42)46/h3-6,16-17,19-20,43H,2,7-15,18,21H2,1H3,(H2,36,39)(H,38,48). The lowest BCUT2D eigenvalue weighted by Gasteiger charge is -2.29. The smallest absolute Gasteiger partial charge is 0.253 e. The number of nitrogens with zero attached hydrogens (tertiary/aromatic N) is 5. The molecule has 4 heterocycles. The molecule has 1 aliphatic carbocycles. The van der Waals surface area contributed by atoms with Crippen molar-refractivity contribution >= 4 is 52.8 Å². The highest BCUT2D eigenvalue weighted by Crippen LogP contribution is 2.50. The van der Waals surface area contributed by atoms with Crippen LogP contribution in [0, 0.1) is 0 Å². The van der Waals surface area contributed by atoms with Crippen molar-refractivity contribution < 1.29 is 29.1 Å². The molecule has 1 aromatic carbocycles. The first-order valence-corrected chi connectivity index (χ1v) is 16.3. The van der Waals surface area contributed by atoms with E-state index in [-0.39, 0.29) is 50.3 Å². The normalized spacial score (nSPS) is 17.6. The van der Waals surface area contributed by atoms with Gasteiger partial charge in [-0.3, -0.25) is 33.9 Å². The van der Waals surface area contributed by atoms with Gasteiger partial charge in [0.2, 0.25) is 17.7 Å². The largest absolute Gasteiger partial charge is 0.395 e. The lowest BCUT2D eigenvalue weighted by molar-refractivity contribution is -0.138. The number of rotatable bonds is 11. The summed E-state index contributed by atoms with van der Waals surface area (Å²) < 4.78 is 0. The van der Waals surface area contributed by atoms with E-state index in [9.17, 15) is 29.1 Å². The predicted molar refractivity (Wildman–Crippen MR) is 178 cm³/mol. The van der Waals surface area contributed by atoms with Crippen LogP contribution in [0.25, 0.3) is 6.08 Å². The molecule has 0 unspecified atom stereocenters. The van der Waals surface area contributed by atoms with Crippen molar-refractivity contribution in [3.63, 3.8) is 0 Å². The number of imide groups is 1. The number of hydrogen-bond donors (Lipinski definition) is 3. The van der Waals surface area contributed by atoms with E-state index in [0.29, 0.717) is 61.7 Å². The van der Waals surface area contributed by atoms with Crippen LogP contribution < -0.4 is 11.1 Å². The highest BCUT2D eigenvalue weighted by molar-refractivity contribution is 6.13. The van der Waals surface area contributed by atoms with Crippen LogP contribution in [0.4, 0.5) is 11.4 Å². The molecule has 250 valence electrons. The Bertz CT molecular complexity index is 1750.